The molecule has 0 bridgehead atoms. The third kappa shape index (κ3) is 3.96. The number of nitrogens with one attached hydrogen (secondary N) is 2. The van der Waals surface area contributed by atoms with Gasteiger partial charge >= 0.3 is 6.03 Å². The van der Waals surface area contributed by atoms with E-state index in [1.165, 1.54) is 12.5 Å². The third-order valence-corrected chi connectivity index (χ3v) is 5.49. The molecule has 0 radical (unpaired) electrons. The summed E-state index contributed by atoms with van der Waals surface area (Å²) in [4.78, 5) is 40.4. The van der Waals surface area contributed by atoms with Crippen molar-refractivity contribution in [3.05, 3.63) is 53.5 Å². The van der Waals surface area contributed by atoms with Gasteiger partial charge in [-0.05, 0) is 49.6 Å². The minimum Gasteiger partial charge on any atom is -0.472 e. The zero-order valence-electron chi connectivity index (χ0n) is 16.3. The number of hydrogen-bond acceptors (Lipinski definition) is 4. The zero-order chi connectivity index (χ0) is 20.4. The Morgan fingerprint density at radius 1 is 1.14 bits per heavy atom. The van der Waals surface area contributed by atoms with Gasteiger partial charge in [-0.25, -0.2) is 4.79 Å². The Balaban J connectivity index is 1.33. The van der Waals surface area contributed by atoms with Crippen LogP contribution < -0.4 is 15.5 Å². The lowest BCUT2D eigenvalue weighted by molar-refractivity contribution is 0.0697. The SMILES string of the molecule is Cc1cc(C(=O)NC2CCN(C(=O)c3ccoc3)CC2)ccc1N1CCNC1=O. The highest BCUT2D eigenvalue weighted by atomic mass is 16.3. The summed E-state index contributed by atoms with van der Waals surface area (Å²) in [5.41, 5.74) is 2.83. The summed E-state index contributed by atoms with van der Waals surface area (Å²) in [6.07, 6.45) is 4.36. The predicted octanol–water partition coefficient (Wildman–Crippen LogP) is 2.15. The maximum atomic E-state index is 12.7. The van der Waals surface area contributed by atoms with Crippen molar-refractivity contribution in [3.63, 3.8) is 0 Å². The van der Waals surface area contributed by atoms with Crippen molar-refractivity contribution >= 4 is 23.5 Å². The van der Waals surface area contributed by atoms with E-state index in [1.807, 2.05) is 19.1 Å². The van der Waals surface area contributed by atoms with Crippen LogP contribution >= 0.6 is 0 Å². The van der Waals surface area contributed by atoms with Crippen LogP contribution in [0.5, 0.6) is 0 Å². The molecule has 8 nitrogen and oxygen atoms in total. The van der Waals surface area contributed by atoms with E-state index < -0.39 is 0 Å². The highest BCUT2D eigenvalue weighted by molar-refractivity contribution is 5.98. The van der Waals surface area contributed by atoms with Crippen LogP contribution in [-0.4, -0.2) is 55.0 Å². The summed E-state index contributed by atoms with van der Waals surface area (Å²) < 4.78 is 4.98. The molecule has 152 valence electrons. The van der Waals surface area contributed by atoms with Crippen LogP contribution in [-0.2, 0) is 0 Å². The summed E-state index contributed by atoms with van der Waals surface area (Å²) in [7, 11) is 0. The van der Waals surface area contributed by atoms with Crippen molar-refractivity contribution < 1.29 is 18.8 Å². The van der Waals surface area contributed by atoms with Gasteiger partial charge in [-0.15, -0.1) is 0 Å². The normalized spacial score (nSPS) is 17.3. The van der Waals surface area contributed by atoms with Crippen molar-refractivity contribution in [2.75, 3.05) is 31.1 Å². The fourth-order valence-corrected chi connectivity index (χ4v) is 3.87. The Hall–Kier alpha value is -3.29. The van der Waals surface area contributed by atoms with Crippen LogP contribution in [0.25, 0.3) is 0 Å². The molecule has 2 aromatic rings. The van der Waals surface area contributed by atoms with E-state index in [2.05, 4.69) is 10.6 Å². The molecule has 4 amide bonds. The fourth-order valence-electron chi connectivity index (χ4n) is 3.87. The fraction of sp³-hybridized carbons (Fsp3) is 0.381. The summed E-state index contributed by atoms with van der Waals surface area (Å²) in [5, 5.41) is 5.85. The van der Waals surface area contributed by atoms with Crippen LogP contribution in [0.2, 0.25) is 0 Å². The van der Waals surface area contributed by atoms with E-state index in [0.29, 0.717) is 50.1 Å². The van der Waals surface area contributed by atoms with Gasteiger partial charge in [0, 0.05) is 43.5 Å². The molecular formula is C21H24N4O4. The van der Waals surface area contributed by atoms with Crippen LogP contribution in [0, 0.1) is 6.92 Å². The first kappa shape index (κ1) is 19.0. The molecule has 1 aromatic carbocycles. The monoisotopic (exact) mass is 396 g/mol. The average Bonchev–Trinajstić information content (AvgIpc) is 3.40. The summed E-state index contributed by atoms with van der Waals surface area (Å²) in [5.74, 6) is -0.175. The van der Waals surface area contributed by atoms with Crippen molar-refractivity contribution in [2.24, 2.45) is 0 Å². The number of furan rings is 1. The number of nitrogens with zero attached hydrogens (tertiary/aromatic N) is 2. The summed E-state index contributed by atoms with van der Waals surface area (Å²) in [6, 6.07) is 6.96. The predicted molar refractivity (Wildman–Crippen MR) is 107 cm³/mol. The minimum absolute atomic E-state index is 0.0280. The molecule has 2 saturated heterocycles. The first-order chi connectivity index (χ1) is 14.0. The van der Waals surface area contributed by atoms with Crippen molar-refractivity contribution in [1.29, 1.82) is 0 Å². The summed E-state index contributed by atoms with van der Waals surface area (Å²) >= 11 is 0. The third-order valence-electron chi connectivity index (χ3n) is 5.49. The molecule has 2 N–H and O–H groups in total. The van der Waals surface area contributed by atoms with E-state index in [-0.39, 0.29) is 23.9 Å². The molecule has 0 aliphatic carbocycles. The van der Waals surface area contributed by atoms with Crippen molar-refractivity contribution in [2.45, 2.75) is 25.8 Å². The lowest BCUT2D eigenvalue weighted by Gasteiger charge is -2.32. The van der Waals surface area contributed by atoms with E-state index in [0.717, 1.165) is 11.3 Å². The number of aryl methyl sites for hydroxylation is 1. The second kappa shape index (κ2) is 7.98. The van der Waals surface area contributed by atoms with Gasteiger partial charge in [0.25, 0.3) is 11.8 Å². The molecule has 0 spiro atoms. The minimum atomic E-state index is -0.134. The van der Waals surface area contributed by atoms with Gasteiger partial charge in [0.2, 0.25) is 0 Å². The standard InChI is InChI=1S/C21H24N4O4/c1-14-12-15(2-3-18(14)25-10-7-22-21(25)28)19(26)23-17-4-8-24(9-5-17)20(27)16-6-11-29-13-16/h2-3,6,11-13,17H,4-5,7-10H2,1H3,(H,22,28)(H,23,26). The van der Waals surface area contributed by atoms with E-state index in [9.17, 15) is 14.4 Å². The highest BCUT2D eigenvalue weighted by Crippen LogP contribution is 2.23. The maximum Gasteiger partial charge on any atom is 0.322 e. The lowest BCUT2D eigenvalue weighted by Crippen LogP contribution is -2.46. The van der Waals surface area contributed by atoms with Gasteiger partial charge in [0.1, 0.15) is 6.26 Å². The smallest absolute Gasteiger partial charge is 0.322 e. The summed E-state index contributed by atoms with van der Waals surface area (Å²) in [6.45, 7) is 4.34. The van der Waals surface area contributed by atoms with Crippen LogP contribution in [0.15, 0.2) is 41.2 Å². The zero-order valence-corrected chi connectivity index (χ0v) is 16.3. The first-order valence-corrected chi connectivity index (χ1v) is 9.81. The van der Waals surface area contributed by atoms with Crippen molar-refractivity contribution in [1.82, 2.24) is 15.5 Å². The molecule has 0 unspecified atom stereocenters. The van der Waals surface area contributed by atoms with Gasteiger partial charge in [0.05, 0.1) is 11.8 Å². The molecule has 29 heavy (non-hydrogen) atoms. The molecule has 2 aliphatic heterocycles. The van der Waals surface area contributed by atoms with Crippen LogP contribution in [0.4, 0.5) is 10.5 Å². The molecule has 0 saturated carbocycles. The van der Waals surface area contributed by atoms with Gasteiger partial charge < -0.3 is 20.0 Å². The molecule has 4 rings (SSSR count). The Kier molecular flexibility index (Phi) is 5.24. The molecule has 2 aliphatic rings. The Labute approximate surface area is 168 Å². The van der Waals surface area contributed by atoms with E-state index >= 15 is 0 Å². The largest absolute Gasteiger partial charge is 0.472 e. The number of urea groups is 1. The Morgan fingerprint density at radius 3 is 2.55 bits per heavy atom. The number of carbonyl (C=O) groups is 3. The number of anilines is 1. The number of carbonyl (C=O) groups excluding carboxylic acids is 3. The Morgan fingerprint density at radius 2 is 1.93 bits per heavy atom. The highest BCUT2D eigenvalue weighted by Gasteiger charge is 2.26. The topological polar surface area (TPSA) is 94.9 Å². The van der Waals surface area contributed by atoms with Gasteiger partial charge in [0.15, 0.2) is 0 Å². The molecule has 0 atom stereocenters. The average molecular weight is 396 g/mol. The second-order valence-corrected chi connectivity index (χ2v) is 7.44. The quantitative estimate of drug-likeness (QED) is 0.828. The van der Waals surface area contributed by atoms with E-state index in [1.54, 1.807) is 21.9 Å². The van der Waals surface area contributed by atoms with Gasteiger partial charge in [-0.1, -0.05) is 0 Å². The Bertz CT molecular complexity index is 917. The number of rotatable bonds is 4. The molecule has 8 heteroatoms. The first-order valence-electron chi connectivity index (χ1n) is 9.81. The van der Waals surface area contributed by atoms with Gasteiger partial charge in [-0.2, -0.15) is 0 Å². The second-order valence-electron chi connectivity index (χ2n) is 7.44. The number of hydrogen-bond donors (Lipinski definition) is 2. The van der Waals surface area contributed by atoms with Crippen LogP contribution in [0.3, 0.4) is 0 Å². The number of piperidine rings is 1. The number of benzene rings is 1. The van der Waals surface area contributed by atoms with Crippen LogP contribution in [0.1, 0.15) is 39.1 Å². The number of likely N-dealkylation sites (tertiary alicyclic amines) is 1. The molecular weight excluding hydrogens is 372 g/mol. The maximum absolute atomic E-state index is 12.7. The van der Waals surface area contributed by atoms with Gasteiger partial charge in [-0.3, -0.25) is 14.5 Å². The molecule has 1 aromatic heterocycles. The van der Waals surface area contributed by atoms with Crippen molar-refractivity contribution in [3.8, 4) is 0 Å². The van der Waals surface area contributed by atoms with E-state index in [4.69, 9.17) is 4.42 Å². The molecule has 2 fully saturated rings. The number of amides is 4. The lowest BCUT2D eigenvalue weighted by atomic mass is 10.0. The molecule has 3 heterocycles.